The molecule has 1 amide bonds. The largest absolute Gasteiger partial charge is 0.341 e. The van der Waals surface area contributed by atoms with E-state index >= 15 is 0 Å². The first-order valence-electron chi connectivity index (χ1n) is 7.43. The quantitative estimate of drug-likeness (QED) is 0.604. The molecule has 0 saturated carbocycles. The van der Waals surface area contributed by atoms with Crippen LogP contribution in [0.3, 0.4) is 0 Å². The number of aryl methyl sites for hydroxylation is 1. The summed E-state index contributed by atoms with van der Waals surface area (Å²) >= 11 is 2.32. The van der Waals surface area contributed by atoms with Crippen LogP contribution in [0.15, 0.2) is 24.3 Å². The van der Waals surface area contributed by atoms with Crippen molar-refractivity contribution in [2.45, 2.75) is 44.6 Å². The minimum atomic E-state index is 0.194. The molecular formula is C16H23IN2O. The fourth-order valence-electron chi connectivity index (χ4n) is 2.61. The van der Waals surface area contributed by atoms with Crippen LogP contribution in [0, 0.1) is 3.57 Å². The van der Waals surface area contributed by atoms with Gasteiger partial charge in [-0.2, -0.15) is 0 Å². The van der Waals surface area contributed by atoms with Gasteiger partial charge in [-0.15, -0.1) is 0 Å². The summed E-state index contributed by atoms with van der Waals surface area (Å²) in [6.07, 6.45) is 6.03. The average Bonchev–Trinajstić information content (AvgIpc) is 2.87. The predicted molar refractivity (Wildman–Crippen MR) is 90.5 cm³/mol. The number of hydrogen-bond acceptors (Lipinski definition) is 2. The molecule has 1 aromatic carbocycles. The maximum atomic E-state index is 11.9. The van der Waals surface area contributed by atoms with E-state index in [1.54, 1.807) is 0 Å². The lowest BCUT2D eigenvalue weighted by Crippen LogP contribution is -2.31. The van der Waals surface area contributed by atoms with Crippen molar-refractivity contribution in [2.24, 2.45) is 5.73 Å². The smallest absolute Gasteiger partial charge is 0.222 e. The van der Waals surface area contributed by atoms with Crippen LogP contribution in [0.1, 0.15) is 37.7 Å². The van der Waals surface area contributed by atoms with Crippen molar-refractivity contribution in [3.8, 4) is 0 Å². The third kappa shape index (κ3) is 5.05. The zero-order valence-electron chi connectivity index (χ0n) is 11.9. The van der Waals surface area contributed by atoms with Gasteiger partial charge in [0.05, 0.1) is 0 Å². The Balaban J connectivity index is 1.57. The van der Waals surface area contributed by atoms with Crippen molar-refractivity contribution in [1.29, 1.82) is 0 Å². The number of carbonyl (C=O) groups excluding carboxylic acids is 1. The molecule has 1 aliphatic heterocycles. The molecule has 2 N–H and O–H groups in total. The van der Waals surface area contributed by atoms with Crippen LogP contribution in [-0.2, 0) is 11.2 Å². The molecule has 1 heterocycles. The van der Waals surface area contributed by atoms with Crippen molar-refractivity contribution in [2.75, 3.05) is 13.1 Å². The predicted octanol–water partition coefficient (Wildman–Crippen LogP) is 2.95. The Hall–Kier alpha value is -0.620. The molecule has 1 fully saturated rings. The summed E-state index contributed by atoms with van der Waals surface area (Å²) in [7, 11) is 0. The zero-order chi connectivity index (χ0) is 14.4. The molecule has 1 atom stereocenters. The lowest BCUT2D eigenvalue weighted by Gasteiger charge is -2.15. The van der Waals surface area contributed by atoms with Gasteiger partial charge in [0.1, 0.15) is 0 Å². The third-order valence-corrected chi connectivity index (χ3v) is 4.57. The van der Waals surface area contributed by atoms with E-state index in [1.807, 2.05) is 4.90 Å². The SMILES string of the molecule is N[C@@H]1CCN(C(=O)CCCCCc2ccc(I)cc2)C1. The Bertz CT molecular complexity index is 433. The molecule has 0 aromatic heterocycles. The van der Waals surface area contributed by atoms with Crippen LogP contribution in [0.4, 0.5) is 0 Å². The van der Waals surface area contributed by atoms with Crippen LogP contribution in [0.2, 0.25) is 0 Å². The van der Waals surface area contributed by atoms with Gasteiger partial charge in [0, 0.05) is 29.1 Å². The number of nitrogens with zero attached hydrogens (tertiary/aromatic N) is 1. The number of amides is 1. The second-order valence-corrected chi connectivity index (χ2v) is 6.82. The number of benzene rings is 1. The minimum absolute atomic E-state index is 0.194. The van der Waals surface area contributed by atoms with E-state index in [0.717, 1.165) is 45.2 Å². The fraction of sp³-hybridized carbons (Fsp3) is 0.562. The first kappa shape index (κ1) is 15.8. The van der Waals surface area contributed by atoms with Crippen molar-refractivity contribution in [1.82, 2.24) is 4.90 Å². The molecular weight excluding hydrogens is 363 g/mol. The summed E-state index contributed by atoms with van der Waals surface area (Å²) in [5.41, 5.74) is 7.21. The Morgan fingerprint density at radius 3 is 2.65 bits per heavy atom. The molecule has 3 nitrogen and oxygen atoms in total. The molecule has 20 heavy (non-hydrogen) atoms. The first-order chi connectivity index (χ1) is 9.65. The maximum Gasteiger partial charge on any atom is 0.222 e. The van der Waals surface area contributed by atoms with Crippen molar-refractivity contribution in [3.05, 3.63) is 33.4 Å². The third-order valence-electron chi connectivity index (χ3n) is 3.85. The van der Waals surface area contributed by atoms with E-state index in [2.05, 4.69) is 46.9 Å². The topological polar surface area (TPSA) is 46.3 Å². The highest BCUT2D eigenvalue weighted by Crippen LogP contribution is 2.13. The van der Waals surface area contributed by atoms with E-state index in [-0.39, 0.29) is 11.9 Å². The molecule has 4 heteroatoms. The Kier molecular flexibility index (Phi) is 6.29. The molecule has 110 valence electrons. The van der Waals surface area contributed by atoms with E-state index in [4.69, 9.17) is 5.73 Å². The van der Waals surface area contributed by atoms with Gasteiger partial charge in [-0.05, 0) is 66.0 Å². The number of rotatable bonds is 6. The molecule has 1 saturated heterocycles. The van der Waals surface area contributed by atoms with Crippen LogP contribution in [-0.4, -0.2) is 29.9 Å². The first-order valence-corrected chi connectivity index (χ1v) is 8.51. The van der Waals surface area contributed by atoms with E-state index in [0.29, 0.717) is 6.42 Å². The van der Waals surface area contributed by atoms with Gasteiger partial charge in [-0.3, -0.25) is 4.79 Å². The highest BCUT2D eigenvalue weighted by Gasteiger charge is 2.22. The summed E-state index contributed by atoms with van der Waals surface area (Å²) in [5.74, 6) is 0.284. The van der Waals surface area contributed by atoms with Crippen molar-refractivity contribution in [3.63, 3.8) is 0 Å². The highest BCUT2D eigenvalue weighted by atomic mass is 127. The average molecular weight is 386 g/mol. The Labute approximate surface area is 135 Å². The number of likely N-dealkylation sites (tertiary alicyclic amines) is 1. The normalized spacial score (nSPS) is 18.5. The molecule has 1 aromatic rings. The molecule has 1 aliphatic rings. The standard InChI is InChI=1S/C16H23IN2O/c17-14-8-6-13(7-9-14)4-2-1-3-5-16(20)19-11-10-15(18)12-19/h6-9,15H,1-5,10-12,18H2/t15-/m1/s1. The molecule has 2 rings (SSSR count). The molecule has 0 unspecified atom stereocenters. The highest BCUT2D eigenvalue weighted by molar-refractivity contribution is 14.1. The van der Waals surface area contributed by atoms with Crippen molar-refractivity contribution < 1.29 is 4.79 Å². The number of halogens is 1. The molecule has 0 spiro atoms. The zero-order valence-corrected chi connectivity index (χ0v) is 14.0. The van der Waals surface area contributed by atoms with Gasteiger partial charge >= 0.3 is 0 Å². The van der Waals surface area contributed by atoms with Gasteiger partial charge in [0.25, 0.3) is 0 Å². The summed E-state index contributed by atoms with van der Waals surface area (Å²) in [6.45, 7) is 1.60. The fourth-order valence-corrected chi connectivity index (χ4v) is 2.96. The Morgan fingerprint density at radius 1 is 1.25 bits per heavy atom. The summed E-state index contributed by atoms with van der Waals surface area (Å²) in [5, 5.41) is 0. The van der Waals surface area contributed by atoms with Crippen LogP contribution >= 0.6 is 22.6 Å². The molecule has 0 radical (unpaired) electrons. The summed E-state index contributed by atoms with van der Waals surface area (Å²) < 4.78 is 1.28. The van der Waals surface area contributed by atoms with E-state index < -0.39 is 0 Å². The van der Waals surface area contributed by atoms with Crippen molar-refractivity contribution >= 4 is 28.5 Å². The number of unbranched alkanes of at least 4 members (excludes halogenated alkanes) is 2. The van der Waals surface area contributed by atoms with Gasteiger partial charge in [0.2, 0.25) is 5.91 Å². The van der Waals surface area contributed by atoms with E-state index in [1.165, 1.54) is 9.13 Å². The minimum Gasteiger partial charge on any atom is -0.341 e. The van der Waals surface area contributed by atoms with Crippen LogP contribution < -0.4 is 5.73 Å². The second-order valence-electron chi connectivity index (χ2n) is 5.58. The summed E-state index contributed by atoms with van der Waals surface area (Å²) in [4.78, 5) is 13.9. The van der Waals surface area contributed by atoms with E-state index in [9.17, 15) is 4.79 Å². The van der Waals surface area contributed by atoms with Gasteiger partial charge in [0.15, 0.2) is 0 Å². The number of hydrogen-bond donors (Lipinski definition) is 1. The number of nitrogens with two attached hydrogens (primary N) is 1. The maximum absolute atomic E-state index is 11.9. The molecule has 0 bridgehead atoms. The monoisotopic (exact) mass is 386 g/mol. The van der Waals surface area contributed by atoms with Crippen LogP contribution in [0.5, 0.6) is 0 Å². The second kappa shape index (κ2) is 7.98. The Morgan fingerprint density at radius 2 is 2.00 bits per heavy atom. The van der Waals surface area contributed by atoms with Gasteiger partial charge < -0.3 is 10.6 Å². The van der Waals surface area contributed by atoms with Gasteiger partial charge in [-0.1, -0.05) is 18.6 Å². The molecule has 0 aliphatic carbocycles. The lowest BCUT2D eigenvalue weighted by molar-refractivity contribution is -0.130. The lowest BCUT2D eigenvalue weighted by atomic mass is 10.1. The van der Waals surface area contributed by atoms with Gasteiger partial charge in [-0.25, -0.2) is 0 Å². The number of carbonyl (C=O) groups is 1. The summed E-state index contributed by atoms with van der Waals surface area (Å²) in [6, 6.07) is 8.88. The van der Waals surface area contributed by atoms with Crippen LogP contribution in [0.25, 0.3) is 0 Å².